The summed E-state index contributed by atoms with van der Waals surface area (Å²) in [5.41, 5.74) is 0.107. The molecule has 0 bridgehead atoms. The van der Waals surface area contributed by atoms with Gasteiger partial charge in [0.2, 0.25) is 0 Å². The second-order valence-corrected chi connectivity index (χ2v) is 5.18. The van der Waals surface area contributed by atoms with Crippen LogP contribution < -0.4 is 0 Å². The number of hydrogen-bond acceptors (Lipinski definition) is 5. The molecule has 0 aliphatic carbocycles. The average molecular weight is 294 g/mol. The molecular formula is C13H14N2O4S. The lowest BCUT2D eigenvalue weighted by atomic mass is 10.2. The maximum absolute atomic E-state index is 12.2. The standard InChI is InChI=1S/C13H14N2O4S/c1-3-9(13(17)18)15(2)12(16)8-7-10(19-14-8)11-5-4-6-20-11/h4-7,9H,3H2,1-2H3,(H,17,18). The monoisotopic (exact) mass is 294 g/mol. The maximum atomic E-state index is 12.2. The van der Waals surface area contributed by atoms with Gasteiger partial charge in [-0.3, -0.25) is 4.79 Å². The number of carboxylic acids is 1. The molecule has 2 aromatic heterocycles. The third kappa shape index (κ3) is 2.72. The Balaban J connectivity index is 2.19. The average Bonchev–Trinajstić information content (AvgIpc) is 3.08. The summed E-state index contributed by atoms with van der Waals surface area (Å²) in [5.74, 6) is -1.00. The Morgan fingerprint density at radius 1 is 1.55 bits per heavy atom. The summed E-state index contributed by atoms with van der Waals surface area (Å²) in [6.45, 7) is 1.71. The van der Waals surface area contributed by atoms with E-state index in [1.54, 1.807) is 6.92 Å². The quantitative estimate of drug-likeness (QED) is 0.915. The molecule has 1 amide bonds. The summed E-state index contributed by atoms with van der Waals surface area (Å²) in [6.07, 6.45) is 0.327. The Kier molecular flexibility index (Phi) is 4.19. The number of rotatable bonds is 5. The maximum Gasteiger partial charge on any atom is 0.326 e. The number of carbonyl (C=O) groups excluding carboxylic acids is 1. The van der Waals surface area contributed by atoms with Crippen molar-refractivity contribution in [3.05, 3.63) is 29.3 Å². The fourth-order valence-corrected chi connectivity index (χ4v) is 2.52. The molecule has 0 fully saturated rings. The van der Waals surface area contributed by atoms with E-state index in [9.17, 15) is 9.59 Å². The molecular weight excluding hydrogens is 280 g/mol. The normalized spacial score (nSPS) is 12.1. The molecule has 0 saturated carbocycles. The van der Waals surface area contributed by atoms with Gasteiger partial charge < -0.3 is 14.5 Å². The molecule has 20 heavy (non-hydrogen) atoms. The van der Waals surface area contributed by atoms with Gasteiger partial charge in [0.05, 0.1) is 4.88 Å². The molecule has 0 aromatic carbocycles. The lowest BCUT2D eigenvalue weighted by molar-refractivity contribution is -0.142. The van der Waals surface area contributed by atoms with E-state index in [0.29, 0.717) is 12.2 Å². The molecule has 1 unspecified atom stereocenters. The van der Waals surface area contributed by atoms with Gasteiger partial charge in [0.1, 0.15) is 6.04 Å². The van der Waals surface area contributed by atoms with Crippen molar-refractivity contribution in [3.8, 4) is 10.6 Å². The van der Waals surface area contributed by atoms with Crippen molar-refractivity contribution in [2.45, 2.75) is 19.4 Å². The van der Waals surface area contributed by atoms with E-state index < -0.39 is 17.9 Å². The first-order valence-electron chi connectivity index (χ1n) is 6.05. The number of nitrogens with zero attached hydrogens (tertiary/aromatic N) is 2. The predicted octanol–water partition coefficient (Wildman–Crippen LogP) is 2.34. The first-order chi connectivity index (χ1) is 9.54. The second kappa shape index (κ2) is 5.87. The molecule has 1 atom stereocenters. The van der Waals surface area contributed by atoms with Crippen molar-refractivity contribution in [1.82, 2.24) is 10.1 Å². The number of amides is 1. The van der Waals surface area contributed by atoms with Gasteiger partial charge in [0, 0.05) is 13.1 Å². The van der Waals surface area contributed by atoms with Crippen LogP contribution in [0.3, 0.4) is 0 Å². The van der Waals surface area contributed by atoms with E-state index in [1.165, 1.54) is 29.4 Å². The fraction of sp³-hybridized carbons (Fsp3) is 0.308. The molecule has 1 N–H and O–H groups in total. The Morgan fingerprint density at radius 3 is 2.85 bits per heavy atom. The highest BCUT2D eigenvalue weighted by Crippen LogP contribution is 2.25. The van der Waals surface area contributed by atoms with E-state index in [0.717, 1.165) is 4.88 Å². The number of hydrogen-bond donors (Lipinski definition) is 1. The van der Waals surface area contributed by atoms with Crippen LogP contribution >= 0.6 is 11.3 Å². The van der Waals surface area contributed by atoms with E-state index in [2.05, 4.69) is 5.16 Å². The van der Waals surface area contributed by atoms with E-state index in [1.807, 2.05) is 17.5 Å². The van der Waals surface area contributed by atoms with Crippen LogP contribution in [0.1, 0.15) is 23.8 Å². The number of likely N-dealkylation sites (N-methyl/N-ethyl adjacent to an activating group) is 1. The summed E-state index contributed by atoms with van der Waals surface area (Å²) < 4.78 is 5.12. The van der Waals surface area contributed by atoms with Gasteiger partial charge >= 0.3 is 5.97 Å². The zero-order chi connectivity index (χ0) is 14.7. The Hall–Kier alpha value is -2.15. The molecule has 106 valence electrons. The number of aliphatic carboxylic acids is 1. The van der Waals surface area contributed by atoms with Crippen LogP contribution in [0.15, 0.2) is 28.1 Å². The Bertz CT molecular complexity index is 606. The molecule has 2 heterocycles. The van der Waals surface area contributed by atoms with Gasteiger partial charge in [-0.05, 0) is 17.9 Å². The van der Waals surface area contributed by atoms with Gasteiger partial charge in [0.15, 0.2) is 11.5 Å². The number of aromatic nitrogens is 1. The van der Waals surface area contributed by atoms with Crippen LogP contribution in [-0.4, -0.2) is 40.1 Å². The van der Waals surface area contributed by atoms with Gasteiger partial charge in [0.25, 0.3) is 5.91 Å². The number of carboxylic acid groups (broad SMARTS) is 1. The third-order valence-electron chi connectivity index (χ3n) is 2.95. The lowest BCUT2D eigenvalue weighted by Gasteiger charge is -2.22. The van der Waals surface area contributed by atoms with Crippen LogP contribution in [0, 0.1) is 0 Å². The minimum absolute atomic E-state index is 0.107. The summed E-state index contributed by atoms with van der Waals surface area (Å²) in [4.78, 5) is 25.3. The van der Waals surface area contributed by atoms with Crippen molar-refractivity contribution >= 4 is 23.2 Å². The van der Waals surface area contributed by atoms with Crippen molar-refractivity contribution < 1.29 is 19.2 Å². The zero-order valence-electron chi connectivity index (χ0n) is 11.1. The van der Waals surface area contributed by atoms with E-state index >= 15 is 0 Å². The topological polar surface area (TPSA) is 83.6 Å². The van der Waals surface area contributed by atoms with Gasteiger partial charge in [-0.25, -0.2) is 4.79 Å². The lowest BCUT2D eigenvalue weighted by Crippen LogP contribution is -2.42. The number of carbonyl (C=O) groups is 2. The molecule has 2 aromatic rings. The molecule has 2 rings (SSSR count). The van der Waals surface area contributed by atoms with E-state index in [-0.39, 0.29) is 5.69 Å². The summed E-state index contributed by atoms with van der Waals surface area (Å²) in [7, 11) is 1.45. The highest BCUT2D eigenvalue weighted by atomic mass is 32.1. The van der Waals surface area contributed by atoms with Crippen LogP contribution in [0.5, 0.6) is 0 Å². The van der Waals surface area contributed by atoms with Crippen LogP contribution in [0.4, 0.5) is 0 Å². The second-order valence-electron chi connectivity index (χ2n) is 4.23. The molecule has 0 radical (unpaired) electrons. The smallest absolute Gasteiger partial charge is 0.326 e. The van der Waals surface area contributed by atoms with Crippen molar-refractivity contribution in [3.63, 3.8) is 0 Å². The van der Waals surface area contributed by atoms with Crippen molar-refractivity contribution in [2.75, 3.05) is 7.05 Å². The fourth-order valence-electron chi connectivity index (χ4n) is 1.85. The van der Waals surface area contributed by atoms with Crippen LogP contribution in [0.25, 0.3) is 10.6 Å². The minimum Gasteiger partial charge on any atom is -0.480 e. The molecule has 7 heteroatoms. The van der Waals surface area contributed by atoms with Crippen LogP contribution in [0.2, 0.25) is 0 Å². The van der Waals surface area contributed by atoms with Crippen LogP contribution in [-0.2, 0) is 4.79 Å². The van der Waals surface area contributed by atoms with E-state index in [4.69, 9.17) is 9.63 Å². The van der Waals surface area contributed by atoms with Crippen molar-refractivity contribution in [2.24, 2.45) is 0 Å². The zero-order valence-corrected chi connectivity index (χ0v) is 11.9. The van der Waals surface area contributed by atoms with Gasteiger partial charge in [-0.15, -0.1) is 11.3 Å². The summed E-state index contributed by atoms with van der Waals surface area (Å²) in [5, 5.41) is 14.7. The molecule has 0 aliphatic rings. The highest BCUT2D eigenvalue weighted by molar-refractivity contribution is 7.13. The first-order valence-corrected chi connectivity index (χ1v) is 6.93. The van der Waals surface area contributed by atoms with Gasteiger partial charge in [-0.1, -0.05) is 18.1 Å². The predicted molar refractivity (Wildman–Crippen MR) is 73.6 cm³/mol. The molecule has 6 nitrogen and oxygen atoms in total. The summed E-state index contributed by atoms with van der Waals surface area (Å²) >= 11 is 1.47. The first kappa shape index (κ1) is 14.3. The minimum atomic E-state index is -1.04. The molecule has 0 aliphatic heterocycles. The Morgan fingerprint density at radius 2 is 2.30 bits per heavy atom. The largest absolute Gasteiger partial charge is 0.480 e. The summed E-state index contributed by atoms with van der Waals surface area (Å²) in [6, 6.07) is 4.38. The number of thiophene rings is 1. The highest BCUT2D eigenvalue weighted by Gasteiger charge is 2.27. The molecule has 0 spiro atoms. The SMILES string of the molecule is CCC(C(=O)O)N(C)C(=O)c1cc(-c2cccs2)on1. The Labute approximate surface area is 119 Å². The molecule has 0 saturated heterocycles. The third-order valence-corrected chi connectivity index (χ3v) is 3.84. The van der Waals surface area contributed by atoms with Gasteiger partial charge in [-0.2, -0.15) is 0 Å². The van der Waals surface area contributed by atoms with Crippen molar-refractivity contribution in [1.29, 1.82) is 0 Å².